The second kappa shape index (κ2) is 12.7. The average molecular weight is 706 g/mol. The van der Waals surface area contributed by atoms with Gasteiger partial charge in [-0.2, -0.15) is 0 Å². The topological polar surface area (TPSA) is 3.24 Å². The van der Waals surface area contributed by atoms with Crippen LogP contribution in [0.25, 0.3) is 86.9 Å². The van der Waals surface area contributed by atoms with Crippen LogP contribution in [0, 0.1) is 0 Å². The molecule has 0 unspecified atom stereocenters. The van der Waals surface area contributed by atoms with Gasteiger partial charge >= 0.3 is 0 Å². The highest BCUT2D eigenvalue weighted by Gasteiger charge is 2.16. The molecule has 0 heterocycles. The first-order chi connectivity index (χ1) is 30.6. The number of hydrogen-bond donors (Lipinski definition) is 0. The maximum atomic E-state index is 9.74. The van der Waals surface area contributed by atoms with Crippen LogP contribution in [-0.2, 0) is 0 Å². The third-order valence-corrected chi connectivity index (χ3v) is 10.7. The molecule has 0 aromatic heterocycles. The van der Waals surface area contributed by atoms with E-state index in [1.54, 1.807) is 6.07 Å². The van der Waals surface area contributed by atoms with E-state index in [1.807, 2.05) is 158 Å². The van der Waals surface area contributed by atoms with E-state index in [4.69, 9.17) is 0 Å². The zero-order valence-corrected chi connectivity index (χ0v) is 29.5. The van der Waals surface area contributed by atoms with Crippen molar-refractivity contribution in [1.82, 2.24) is 0 Å². The van der Waals surface area contributed by atoms with Crippen LogP contribution in [0.15, 0.2) is 212 Å². The first kappa shape index (κ1) is 24.2. The Bertz CT molecular complexity index is 3500. The molecule has 11 rings (SSSR count). The standard InChI is InChI=1S/C54H35N/c1-4-14-45-36(11-1)21-22-41-33-44(31-32-48(41)45)55(42-27-23-37(24-28-42)53-34-39-12-2-5-15-46(39)49-17-7-9-19-51(49)53)43-29-25-38(26-30-43)54-35-40-13-3-6-16-47(40)50-18-8-10-20-52(50)54/h1-35H/i23D,24D,25D,26D,27D,28D,29D,30D. The summed E-state index contributed by atoms with van der Waals surface area (Å²) in [5.74, 6) is 0. The largest absolute Gasteiger partial charge is 0.310 e. The van der Waals surface area contributed by atoms with E-state index < -0.39 is 0 Å². The summed E-state index contributed by atoms with van der Waals surface area (Å²) in [6.07, 6.45) is 0. The van der Waals surface area contributed by atoms with Crippen molar-refractivity contribution >= 4 is 81.7 Å². The molecule has 0 spiro atoms. The van der Waals surface area contributed by atoms with Gasteiger partial charge < -0.3 is 4.90 Å². The van der Waals surface area contributed by atoms with Crippen LogP contribution in [0.5, 0.6) is 0 Å². The second-order valence-electron chi connectivity index (χ2n) is 13.9. The lowest BCUT2D eigenvalue weighted by atomic mass is 9.93. The van der Waals surface area contributed by atoms with E-state index in [2.05, 4.69) is 0 Å². The van der Waals surface area contributed by atoms with Gasteiger partial charge in [0.25, 0.3) is 0 Å². The zero-order chi connectivity index (χ0) is 43.3. The van der Waals surface area contributed by atoms with Gasteiger partial charge in [-0.3, -0.25) is 0 Å². The Morgan fingerprint density at radius 2 is 0.636 bits per heavy atom. The molecule has 0 aliphatic carbocycles. The molecule has 0 radical (unpaired) electrons. The van der Waals surface area contributed by atoms with E-state index in [0.717, 1.165) is 64.6 Å². The highest BCUT2D eigenvalue weighted by molar-refractivity contribution is 6.15. The van der Waals surface area contributed by atoms with Crippen LogP contribution in [0.1, 0.15) is 11.0 Å². The molecule has 256 valence electrons. The van der Waals surface area contributed by atoms with Crippen LogP contribution in [0.2, 0.25) is 0 Å². The normalized spacial score (nSPS) is 13.7. The molecule has 1 nitrogen and oxygen atoms in total. The fourth-order valence-corrected chi connectivity index (χ4v) is 8.14. The fourth-order valence-electron chi connectivity index (χ4n) is 8.14. The van der Waals surface area contributed by atoms with E-state index in [1.165, 1.54) is 4.90 Å². The molecule has 55 heavy (non-hydrogen) atoms. The Morgan fingerprint density at radius 1 is 0.273 bits per heavy atom. The molecule has 0 N–H and O–H groups in total. The number of hydrogen-bond acceptors (Lipinski definition) is 1. The number of fused-ring (bicyclic) bond motifs is 9. The van der Waals surface area contributed by atoms with Crippen molar-refractivity contribution in [3.8, 4) is 22.3 Å². The van der Waals surface area contributed by atoms with E-state index >= 15 is 0 Å². The second-order valence-corrected chi connectivity index (χ2v) is 13.9. The molecule has 0 amide bonds. The molecule has 0 bridgehead atoms. The van der Waals surface area contributed by atoms with Gasteiger partial charge in [-0.15, -0.1) is 0 Å². The third-order valence-electron chi connectivity index (χ3n) is 10.7. The molecule has 0 saturated heterocycles. The van der Waals surface area contributed by atoms with Crippen LogP contribution in [0.4, 0.5) is 17.1 Å². The highest BCUT2D eigenvalue weighted by Crippen LogP contribution is 2.42. The van der Waals surface area contributed by atoms with Crippen LogP contribution < -0.4 is 4.90 Å². The van der Waals surface area contributed by atoms with Crippen molar-refractivity contribution in [2.24, 2.45) is 0 Å². The number of benzene rings is 11. The Hall–Kier alpha value is -7.22. The van der Waals surface area contributed by atoms with Crippen molar-refractivity contribution in [3.63, 3.8) is 0 Å². The van der Waals surface area contributed by atoms with Gasteiger partial charge in [0.05, 0.1) is 11.0 Å². The predicted molar refractivity (Wildman–Crippen MR) is 237 cm³/mol. The smallest absolute Gasteiger partial charge is 0.0645 e. The fraction of sp³-hybridized carbons (Fsp3) is 0. The molecule has 0 fully saturated rings. The minimum absolute atomic E-state index is 0.124. The van der Waals surface area contributed by atoms with Crippen molar-refractivity contribution in [2.45, 2.75) is 0 Å². The Labute approximate surface area is 331 Å². The number of anilines is 3. The Morgan fingerprint density at radius 3 is 1.15 bits per heavy atom. The minimum Gasteiger partial charge on any atom is -0.310 e. The molecular weight excluding hydrogens is 663 g/mol. The molecular formula is C54H35N. The van der Waals surface area contributed by atoms with Gasteiger partial charge in [0.15, 0.2) is 0 Å². The van der Waals surface area contributed by atoms with Crippen LogP contribution in [0.3, 0.4) is 0 Å². The van der Waals surface area contributed by atoms with Gasteiger partial charge in [0.1, 0.15) is 0 Å². The molecule has 1 heteroatoms. The molecule has 11 aromatic carbocycles. The third kappa shape index (κ3) is 5.24. The molecule has 11 aromatic rings. The molecule has 0 saturated carbocycles. The van der Waals surface area contributed by atoms with Gasteiger partial charge in [0, 0.05) is 17.1 Å². The summed E-state index contributed by atoms with van der Waals surface area (Å²) in [6.45, 7) is 0. The summed E-state index contributed by atoms with van der Waals surface area (Å²) in [6, 6.07) is 49.9. The van der Waals surface area contributed by atoms with Crippen LogP contribution >= 0.6 is 0 Å². The summed E-state index contributed by atoms with van der Waals surface area (Å²) >= 11 is 0. The van der Waals surface area contributed by atoms with Gasteiger partial charge in [0.2, 0.25) is 0 Å². The Kier molecular flexibility index (Phi) is 5.59. The first-order valence-electron chi connectivity index (χ1n) is 22.4. The summed E-state index contributed by atoms with van der Waals surface area (Å²) in [5.41, 5.74) is 1.32. The van der Waals surface area contributed by atoms with Gasteiger partial charge in [-0.1, -0.05) is 164 Å². The van der Waals surface area contributed by atoms with E-state index in [0.29, 0.717) is 16.8 Å². The van der Waals surface area contributed by atoms with E-state index in [9.17, 15) is 11.0 Å². The van der Waals surface area contributed by atoms with Crippen molar-refractivity contribution < 1.29 is 11.0 Å². The maximum Gasteiger partial charge on any atom is 0.0645 e. The average Bonchev–Trinajstić information content (AvgIpc) is 3.32. The molecule has 0 aliphatic rings. The van der Waals surface area contributed by atoms with E-state index in [-0.39, 0.29) is 70.8 Å². The highest BCUT2D eigenvalue weighted by atomic mass is 15.1. The minimum atomic E-state index is -0.386. The summed E-state index contributed by atoms with van der Waals surface area (Å²) in [7, 11) is 0. The van der Waals surface area contributed by atoms with Crippen molar-refractivity contribution in [2.75, 3.05) is 4.90 Å². The monoisotopic (exact) mass is 705 g/mol. The van der Waals surface area contributed by atoms with Gasteiger partial charge in [-0.25, -0.2) is 0 Å². The first-order valence-corrected chi connectivity index (χ1v) is 18.4. The lowest BCUT2D eigenvalue weighted by molar-refractivity contribution is 1.29. The lowest BCUT2D eigenvalue weighted by Gasteiger charge is -2.26. The SMILES string of the molecule is [2H]c1c([2H])c(N(c2ccc3c(ccc4ccccc43)c2)c2c([2H])c([2H])c(-c3cc4ccccc4c4ccccc34)c([2H])c2[2H])c([2H])c([2H])c1-c1cc2ccccc2c2ccccc12. The van der Waals surface area contributed by atoms with Crippen LogP contribution in [-0.4, -0.2) is 0 Å². The van der Waals surface area contributed by atoms with Crippen molar-refractivity contribution in [1.29, 1.82) is 0 Å². The number of nitrogens with zero attached hydrogens (tertiary/aromatic N) is 1. The zero-order valence-electron chi connectivity index (χ0n) is 37.5. The number of rotatable bonds is 5. The van der Waals surface area contributed by atoms with Crippen molar-refractivity contribution in [3.05, 3.63) is 212 Å². The summed E-state index contributed by atoms with van der Waals surface area (Å²) in [4.78, 5) is 1.39. The Balaban J connectivity index is 1.20. The quantitative estimate of drug-likeness (QED) is 0.161. The van der Waals surface area contributed by atoms with Gasteiger partial charge in [-0.05, 0) is 135 Å². The molecule has 0 aliphatic heterocycles. The summed E-state index contributed by atoms with van der Waals surface area (Å²) < 4.78 is 77.5. The lowest BCUT2D eigenvalue weighted by Crippen LogP contribution is -2.09. The maximum absolute atomic E-state index is 9.74. The predicted octanol–water partition coefficient (Wildman–Crippen LogP) is 15.4. The molecule has 0 atom stereocenters. The summed E-state index contributed by atoms with van der Waals surface area (Å²) in [5, 5.41) is 11.0.